The standard InChI is InChI=1S/C14H29N3/c1-14(2,11-16-10-13-4-3-5-13)12-17-8-6-15-7-9-17/h13,15-16H,3-12H2,1-2H3. The Morgan fingerprint density at radius 1 is 1.24 bits per heavy atom. The molecule has 3 nitrogen and oxygen atoms in total. The SMILES string of the molecule is CC(C)(CNCC1CCC1)CN1CCNCC1. The van der Waals surface area contributed by atoms with Crippen LogP contribution in [0.25, 0.3) is 0 Å². The van der Waals surface area contributed by atoms with E-state index in [0.717, 1.165) is 25.6 Å². The van der Waals surface area contributed by atoms with Gasteiger partial charge >= 0.3 is 0 Å². The fraction of sp³-hybridized carbons (Fsp3) is 1.00. The summed E-state index contributed by atoms with van der Waals surface area (Å²) in [6, 6.07) is 0. The number of rotatable bonds is 6. The summed E-state index contributed by atoms with van der Waals surface area (Å²) in [7, 11) is 0. The Labute approximate surface area is 106 Å². The lowest BCUT2D eigenvalue weighted by Crippen LogP contribution is -2.49. The fourth-order valence-electron chi connectivity index (χ4n) is 2.84. The van der Waals surface area contributed by atoms with Gasteiger partial charge in [-0.05, 0) is 30.7 Å². The number of nitrogens with zero attached hydrogens (tertiary/aromatic N) is 1. The number of hydrogen-bond donors (Lipinski definition) is 2. The van der Waals surface area contributed by atoms with Crippen LogP contribution in [0.5, 0.6) is 0 Å². The summed E-state index contributed by atoms with van der Waals surface area (Å²) in [6.45, 7) is 13.2. The molecule has 2 aliphatic rings. The Kier molecular flexibility index (Phi) is 4.83. The van der Waals surface area contributed by atoms with Crippen molar-refractivity contribution in [2.24, 2.45) is 11.3 Å². The largest absolute Gasteiger partial charge is 0.316 e. The molecule has 0 unspecified atom stereocenters. The molecule has 0 atom stereocenters. The highest BCUT2D eigenvalue weighted by Gasteiger charge is 2.23. The van der Waals surface area contributed by atoms with Gasteiger partial charge in [0.05, 0.1) is 0 Å². The van der Waals surface area contributed by atoms with E-state index in [1.165, 1.54) is 45.4 Å². The molecule has 2 fully saturated rings. The molecule has 1 aliphatic heterocycles. The van der Waals surface area contributed by atoms with Crippen LogP contribution >= 0.6 is 0 Å². The summed E-state index contributed by atoms with van der Waals surface area (Å²) >= 11 is 0. The molecule has 2 rings (SSSR count). The maximum atomic E-state index is 3.67. The second-order valence-electron chi connectivity index (χ2n) is 6.62. The number of hydrogen-bond acceptors (Lipinski definition) is 3. The number of piperazine rings is 1. The third-order valence-corrected chi connectivity index (χ3v) is 4.12. The van der Waals surface area contributed by atoms with Crippen molar-refractivity contribution in [1.29, 1.82) is 0 Å². The van der Waals surface area contributed by atoms with Crippen LogP contribution < -0.4 is 10.6 Å². The van der Waals surface area contributed by atoms with Crippen molar-refractivity contribution in [2.45, 2.75) is 33.1 Å². The van der Waals surface area contributed by atoms with E-state index in [4.69, 9.17) is 0 Å². The lowest BCUT2D eigenvalue weighted by Gasteiger charge is -2.36. The fourth-order valence-corrected chi connectivity index (χ4v) is 2.84. The quantitative estimate of drug-likeness (QED) is 0.732. The van der Waals surface area contributed by atoms with Crippen molar-refractivity contribution < 1.29 is 0 Å². The molecule has 100 valence electrons. The zero-order valence-corrected chi connectivity index (χ0v) is 11.6. The van der Waals surface area contributed by atoms with Crippen molar-refractivity contribution in [3.05, 3.63) is 0 Å². The molecule has 1 heterocycles. The molecule has 17 heavy (non-hydrogen) atoms. The summed E-state index contributed by atoms with van der Waals surface area (Å²) in [5, 5.41) is 7.09. The van der Waals surface area contributed by atoms with Crippen LogP contribution in [-0.4, -0.2) is 50.7 Å². The topological polar surface area (TPSA) is 27.3 Å². The predicted octanol–water partition coefficient (Wildman–Crippen LogP) is 1.31. The second kappa shape index (κ2) is 6.17. The third kappa shape index (κ3) is 4.57. The highest BCUT2D eigenvalue weighted by Crippen LogP contribution is 2.25. The van der Waals surface area contributed by atoms with Crippen LogP contribution in [-0.2, 0) is 0 Å². The first-order chi connectivity index (χ1) is 8.16. The van der Waals surface area contributed by atoms with Crippen LogP contribution in [0.2, 0.25) is 0 Å². The van der Waals surface area contributed by atoms with Crippen molar-refractivity contribution in [1.82, 2.24) is 15.5 Å². The van der Waals surface area contributed by atoms with Gasteiger partial charge in [-0.2, -0.15) is 0 Å². The highest BCUT2D eigenvalue weighted by molar-refractivity contribution is 4.80. The van der Waals surface area contributed by atoms with E-state index in [2.05, 4.69) is 29.4 Å². The summed E-state index contributed by atoms with van der Waals surface area (Å²) in [6.07, 6.45) is 4.35. The van der Waals surface area contributed by atoms with Gasteiger partial charge in [0, 0.05) is 39.3 Å². The van der Waals surface area contributed by atoms with Crippen molar-refractivity contribution in [3.8, 4) is 0 Å². The summed E-state index contributed by atoms with van der Waals surface area (Å²) in [5.74, 6) is 0.977. The Balaban J connectivity index is 1.61. The van der Waals surface area contributed by atoms with Gasteiger partial charge < -0.3 is 15.5 Å². The molecule has 1 saturated heterocycles. The zero-order valence-electron chi connectivity index (χ0n) is 11.6. The molecule has 0 amide bonds. The summed E-state index contributed by atoms with van der Waals surface area (Å²) in [5.41, 5.74) is 0.404. The Morgan fingerprint density at radius 3 is 2.53 bits per heavy atom. The first kappa shape index (κ1) is 13.3. The minimum absolute atomic E-state index is 0.404. The average molecular weight is 239 g/mol. The minimum Gasteiger partial charge on any atom is -0.316 e. The molecule has 2 N–H and O–H groups in total. The summed E-state index contributed by atoms with van der Waals surface area (Å²) in [4.78, 5) is 2.60. The molecular weight excluding hydrogens is 210 g/mol. The Bertz CT molecular complexity index is 218. The van der Waals surface area contributed by atoms with Gasteiger partial charge in [0.25, 0.3) is 0 Å². The van der Waals surface area contributed by atoms with Gasteiger partial charge in [0.15, 0.2) is 0 Å². The molecule has 3 heteroatoms. The monoisotopic (exact) mass is 239 g/mol. The van der Waals surface area contributed by atoms with Crippen LogP contribution in [0.3, 0.4) is 0 Å². The molecule has 1 saturated carbocycles. The van der Waals surface area contributed by atoms with E-state index in [0.29, 0.717) is 5.41 Å². The average Bonchev–Trinajstić information content (AvgIpc) is 2.22. The minimum atomic E-state index is 0.404. The maximum Gasteiger partial charge on any atom is 0.0108 e. The first-order valence-corrected chi connectivity index (χ1v) is 7.29. The van der Waals surface area contributed by atoms with Gasteiger partial charge in [-0.25, -0.2) is 0 Å². The van der Waals surface area contributed by atoms with Crippen LogP contribution in [0, 0.1) is 11.3 Å². The lowest BCUT2D eigenvalue weighted by molar-refractivity contribution is 0.154. The molecule has 0 aromatic carbocycles. The van der Waals surface area contributed by atoms with Gasteiger partial charge in [-0.15, -0.1) is 0 Å². The molecule has 0 spiro atoms. The summed E-state index contributed by atoms with van der Waals surface area (Å²) < 4.78 is 0. The molecule has 0 bridgehead atoms. The van der Waals surface area contributed by atoms with E-state index < -0.39 is 0 Å². The molecule has 1 aliphatic carbocycles. The Morgan fingerprint density at radius 2 is 1.94 bits per heavy atom. The van der Waals surface area contributed by atoms with Gasteiger partial charge in [0.1, 0.15) is 0 Å². The lowest BCUT2D eigenvalue weighted by atomic mass is 9.85. The van der Waals surface area contributed by atoms with Crippen LogP contribution in [0.1, 0.15) is 33.1 Å². The van der Waals surface area contributed by atoms with E-state index in [1.54, 1.807) is 0 Å². The smallest absolute Gasteiger partial charge is 0.0108 e. The Hall–Kier alpha value is -0.120. The normalized spacial score (nSPS) is 23.6. The van der Waals surface area contributed by atoms with Crippen molar-refractivity contribution in [2.75, 3.05) is 45.8 Å². The van der Waals surface area contributed by atoms with Crippen molar-refractivity contribution in [3.63, 3.8) is 0 Å². The van der Waals surface area contributed by atoms with Gasteiger partial charge in [-0.1, -0.05) is 20.3 Å². The predicted molar refractivity (Wildman–Crippen MR) is 73.3 cm³/mol. The van der Waals surface area contributed by atoms with Crippen molar-refractivity contribution >= 4 is 0 Å². The molecular formula is C14H29N3. The zero-order chi connectivity index (χ0) is 12.1. The highest BCUT2D eigenvalue weighted by atomic mass is 15.2. The van der Waals surface area contributed by atoms with E-state index in [9.17, 15) is 0 Å². The first-order valence-electron chi connectivity index (χ1n) is 7.29. The second-order valence-corrected chi connectivity index (χ2v) is 6.62. The van der Waals surface area contributed by atoms with E-state index in [1.807, 2.05) is 0 Å². The van der Waals surface area contributed by atoms with E-state index in [-0.39, 0.29) is 0 Å². The van der Waals surface area contributed by atoms with Gasteiger partial charge in [-0.3, -0.25) is 0 Å². The third-order valence-electron chi connectivity index (χ3n) is 4.12. The molecule has 0 aromatic heterocycles. The maximum absolute atomic E-state index is 3.67. The molecule has 0 radical (unpaired) electrons. The number of nitrogens with one attached hydrogen (secondary N) is 2. The van der Waals surface area contributed by atoms with Crippen LogP contribution in [0.4, 0.5) is 0 Å². The molecule has 0 aromatic rings. The van der Waals surface area contributed by atoms with Crippen LogP contribution in [0.15, 0.2) is 0 Å². The van der Waals surface area contributed by atoms with Gasteiger partial charge in [0.2, 0.25) is 0 Å². The van der Waals surface area contributed by atoms with E-state index >= 15 is 0 Å².